The van der Waals surface area contributed by atoms with Gasteiger partial charge in [-0.15, -0.1) is 0 Å². The van der Waals surface area contributed by atoms with Gasteiger partial charge in [-0.2, -0.15) is 9.78 Å². The van der Waals surface area contributed by atoms with E-state index in [2.05, 4.69) is 55.9 Å². The van der Waals surface area contributed by atoms with Crippen molar-refractivity contribution in [1.29, 1.82) is 0 Å². The normalized spacial score (nSPS) is 12.1. The summed E-state index contributed by atoms with van der Waals surface area (Å²) in [5.41, 5.74) is 1.94. The van der Waals surface area contributed by atoms with Crippen molar-refractivity contribution < 1.29 is 9.53 Å². The van der Waals surface area contributed by atoms with Gasteiger partial charge in [0.05, 0.1) is 20.7 Å². The van der Waals surface area contributed by atoms with Crippen LogP contribution in [0.15, 0.2) is 81.1 Å². The molecule has 0 spiro atoms. The van der Waals surface area contributed by atoms with E-state index < -0.39 is 0 Å². The van der Waals surface area contributed by atoms with Crippen molar-refractivity contribution in [2.24, 2.45) is 5.10 Å². The van der Waals surface area contributed by atoms with Crippen molar-refractivity contribution in [1.82, 2.24) is 9.66 Å². The molecule has 36 heavy (non-hydrogen) atoms. The van der Waals surface area contributed by atoms with E-state index in [9.17, 15) is 9.59 Å². The maximum Gasteiger partial charge on any atom is 0.282 e. The number of halogens is 2. The summed E-state index contributed by atoms with van der Waals surface area (Å²) < 4.78 is 8.71. The zero-order chi connectivity index (χ0) is 25.7. The first-order valence-corrected chi connectivity index (χ1v) is 13.3. The van der Waals surface area contributed by atoms with Gasteiger partial charge in [0.25, 0.3) is 11.5 Å². The third-order valence-corrected chi connectivity index (χ3v) is 6.92. The first-order chi connectivity index (χ1) is 17.4. The Balaban J connectivity index is 1.54. The fourth-order valence-electron chi connectivity index (χ4n) is 3.48. The van der Waals surface area contributed by atoms with Gasteiger partial charge in [0.2, 0.25) is 0 Å². The highest BCUT2D eigenvalue weighted by Gasteiger charge is 2.15. The monoisotopic (exact) mass is 658 g/mol. The summed E-state index contributed by atoms with van der Waals surface area (Å²) in [6.07, 6.45) is 2.46. The van der Waals surface area contributed by atoms with Crippen LogP contribution >= 0.6 is 38.5 Å². The van der Waals surface area contributed by atoms with Gasteiger partial charge in [0.1, 0.15) is 11.6 Å². The van der Waals surface area contributed by atoms with E-state index in [1.807, 2.05) is 61.5 Å². The van der Waals surface area contributed by atoms with Crippen molar-refractivity contribution in [3.8, 4) is 5.75 Å². The average molecular weight is 659 g/mol. The second-order valence-electron chi connectivity index (χ2n) is 8.20. The molecule has 0 radical (unpaired) electrons. The lowest BCUT2D eigenvalue weighted by atomic mass is 10.1. The minimum absolute atomic E-state index is 0.0563. The molecule has 0 unspecified atom stereocenters. The summed E-state index contributed by atoms with van der Waals surface area (Å²) in [6, 6.07) is 20.2. The maximum atomic E-state index is 13.3. The number of carbonyl (C=O) groups excluding carboxylic acids is 1. The third-order valence-electron chi connectivity index (χ3n) is 5.58. The molecule has 7 nitrogen and oxygen atoms in total. The van der Waals surface area contributed by atoms with E-state index in [0.717, 1.165) is 25.7 Å². The number of para-hydroxylation sites is 1. The molecule has 1 aromatic heterocycles. The molecule has 9 heteroatoms. The highest BCUT2D eigenvalue weighted by Crippen LogP contribution is 2.23. The van der Waals surface area contributed by atoms with Crippen LogP contribution in [0.5, 0.6) is 5.75 Å². The molecule has 0 aliphatic heterocycles. The largest absolute Gasteiger partial charge is 0.483 e. The van der Waals surface area contributed by atoms with E-state index in [1.165, 1.54) is 4.68 Å². The van der Waals surface area contributed by atoms with Crippen LogP contribution in [0.2, 0.25) is 0 Å². The molecule has 3 aromatic carbocycles. The molecule has 1 heterocycles. The Kier molecular flexibility index (Phi) is 8.52. The van der Waals surface area contributed by atoms with Crippen LogP contribution in [0.3, 0.4) is 0 Å². The van der Waals surface area contributed by atoms with Crippen LogP contribution in [-0.2, 0) is 4.79 Å². The summed E-state index contributed by atoms with van der Waals surface area (Å²) in [5.74, 6) is 1.02. The first kappa shape index (κ1) is 26.0. The van der Waals surface area contributed by atoms with Crippen molar-refractivity contribution in [2.45, 2.75) is 26.2 Å². The SMILES string of the molecule is CC[C@H](C)c1nc2ccc(Br)cc2c(=O)n1N=Cc1ccc(OCC(=O)Nc2ccccc2)c(I)c1. The van der Waals surface area contributed by atoms with Crippen LogP contribution in [0.25, 0.3) is 10.9 Å². The summed E-state index contributed by atoms with van der Waals surface area (Å²) in [5, 5.41) is 7.80. The molecule has 0 aliphatic carbocycles. The van der Waals surface area contributed by atoms with E-state index in [4.69, 9.17) is 9.72 Å². The van der Waals surface area contributed by atoms with Gasteiger partial charge in [-0.05, 0) is 83.1 Å². The van der Waals surface area contributed by atoms with Gasteiger partial charge in [0.15, 0.2) is 6.61 Å². The average Bonchev–Trinajstić information content (AvgIpc) is 2.88. The summed E-state index contributed by atoms with van der Waals surface area (Å²) in [4.78, 5) is 30.2. The number of nitrogens with zero attached hydrogens (tertiary/aromatic N) is 3. The Bertz CT molecular complexity index is 1490. The van der Waals surface area contributed by atoms with E-state index in [1.54, 1.807) is 18.3 Å². The molecule has 4 rings (SSSR count). The molecule has 0 saturated carbocycles. The summed E-state index contributed by atoms with van der Waals surface area (Å²) in [7, 11) is 0. The number of benzene rings is 3. The van der Waals surface area contributed by atoms with Gasteiger partial charge < -0.3 is 10.1 Å². The number of hydrogen-bond acceptors (Lipinski definition) is 5. The minimum Gasteiger partial charge on any atom is -0.483 e. The van der Waals surface area contributed by atoms with Gasteiger partial charge in [-0.25, -0.2) is 4.98 Å². The Morgan fingerprint density at radius 3 is 2.69 bits per heavy atom. The highest BCUT2D eigenvalue weighted by atomic mass is 127. The fourth-order valence-corrected chi connectivity index (χ4v) is 4.54. The van der Waals surface area contributed by atoms with Gasteiger partial charge >= 0.3 is 0 Å². The number of aromatic nitrogens is 2. The Labute approximate surface area is 230 Å². The number of nitrogens with one attached hydrogen (secondary N) is 1. The van der Waals surface area contributed by atoms with Crippen LogP contribution in [0, 0.1) is 3.57 Å². The molecule has 0 bridgehead atoms. The molecule has 1 N–H and O–H groups in total. The van der Waals surface area contributed by atoms with E-state index in [-0.39, 0.29) is 24.0 Å². The zero-order valence-corrected chi connectivity index (χ0v) is 23.5. The van der Waals surface area contributed by atoms with Crippen LogP contribution in [0.4, 0.5) is 5.69 Å². The molecule has 1 amide bonds. The van der Waals surface area contributed by atoms with Crippen LogP contribution in [-0.4, -0.2) is 28.4 Å². The standard InChI is InChI=1S/C27H24BrIN4O3/c1-3-17(2)26-32-23-11-10-19(28)14-21(23)27(35)33(26)30-15-18-9-12-24(22(29)13-18)36-16-25(34)31-20-7-5-4-6-8-20/h4-15,17H,3,16H2,1-2H3,(H,31,34)/t17-/m0/s1. The van der Waals surface area contributed by atoms with Gasteiger partial charge in [0, 0.05) is 16.1 Å². The van der Waals surface area contributed by atoms with Crippen molar-refractivity contribution in [3.63, 3.8) is 0 Å². The third kappa shape index (κ3) is 6.19. The molecular weight excluding hydrogens is 635 g/mol. The van der Waals surface area contributed by atoms with Crippen LogP contribution < -0.4 is 15.6 Å². The molecule has 184 valence electrons. The predicted molar refractivity (Wildman–Crippen MR) is 155 cm³/mol. The molecule has 0 fully saturated rings. The Hall–Kier alpha value is -3.05. The number of rotatable bonds is 8. The van der Waals surface area contributed by atoms with Crippen molar-refractivity contribution in [3.05, 3.63) is 96.5 Å². The first-order valence-electron chi connectivity index (χ1n) is 11.4. The zero-order valence-electron chi connectivity index (χ0n) is 19.7. The lowest BCUT2D eigenvalue weighted by Crippen LogP contribution is -2.23. The van der Waals surface area contributed by atoms with Gasteiger partial charge in [-0.1, -0.05) is 48.0 Å². The van der Waals surface area contributed by atoms with E-state index in [0.29, 0.717) is 22.5 Å². The number of carbonyl (C=O) groups is 1. The van der Waals surface area contributed by atoms with Gasteiger partial charge in [-0.3, -0.25) is 9.59 Å². The minimum atomic E-state index is -0.241. The number of ether oxygens (including phenoxy) is 1. The summed E-state index contributed by atoms with van der Waals surface area (Å²) >= 11 is 5.58. The Morgan fingerprint density at radius 1 is 1.19 bits per heavy atom. The van der Waals surface area contributed by atoms with E-state index >= 15 is 0 Å². The quantitative estimate of drug-likeness (QED) is 0.181. The van der Waals surface area contributed by atoms with Crippen molar-refractivity contribution in [2.75, 3.05) is 11.9 Å². The molecular formula is C27H24BrIN4O3. The van der Waals surface area contributed by atoms with Crippen LogP contribution in [0.1, 0.15) is 37.6 Å². The maximum absolute atomic E-state index is 13.3. The predicted octanol–water partition coefficient (Wildman–Crippen LogP) is 6.18. The smallest absolute Gasteiger partial charge is 0.282 e. The Morgan fingerprint density at radius 2 is 1.97 bits per heavy atom. The highest BCUT2D eigenvalue weighted by molar-refractivity contribution is 14.1. The number of anilines is 1. The topological polar surface area (TPSA) is 85.6 Å². The molecule has 4 aromatic rings. The second-order valence-corrected chi connectivity index (χ2v) is 10.3. The lowest BCUT2D eigenvalue weighted by Gasteiger charge is -2.14. The molecule has 1 atom stereocenters. The second kappa shape index (κ2) is 11.8. The number of fused-ring (bicyclic) bond motifs is 1. The fraction of sp³-hybridized carbons (Fsp3) is 0.185. The van der Waals surface area contributed by atoms with Crippen molar-refractivity contribution >= 4 is 67.2 Å². The summed E-state index contributed by atoms with van der Waals surface area (Å²) in [6.45, 7) is 3.98. The molecule has 0 saturated heterocycles. The number of amides is 1. The lowest BCUT2D eigenvalue weighted by molar-refractivity contribution is -0.118. The number of hydrogen-bond donors (Lipinski definition) is 1. The molecule has 0 aliphatic rings.